The van der Waals surface area contributed by atoms with E-state index in [1.165, 1.54) is 22.3 Å². The van der Waals surface area contributed by atoms with Crippen LogP contribution < -0.4 is 20.1 Å². The lowest BCUT2D eigenvalue weighted by molar-refractivity contribution is -0.148. The van der Waals surface area contributed by atoms with E-state index in [1.54, 1.807) is 53.7 Å². The van der Waals surface area contributed by atoms with E-state index in [2.05, 4.69) is 51.9 Å². The molecule has 3 saturated heterocycles. The predicted molar refractivity (Wildman–Crippen MR) is 256 cm³/mol. The lowest BCUT2D eigenvalue weighted by Crippen LogP contribution is -2.75. The first kappa shape index (κ1) is 48.4. The van der Waals surface area contributed by atoms with Gasteiger partial charge in [0, 0.05) is 66.3 Å². The number of hydrogen-bond donors (Lipinski definition) is 3. The van der Waals surface area contributed by atoms with Crippen molar-refractivity contribution in [3.8, 4) is 28.7 Å². The molecule has 9 rings (SSSR count). The monoisotopic (exact) mass is 963 g/mol. The van der Waals surface area contributed by atoms with Crippen LogP contribution in [-0.2, 0) is 39.7 Å². The number of carbonyl (C=O) groups excluding carboxylic acids is 3. The Balaban J connectivity index is 1.07. The van der Waals surface area contributed by atoms with Crippen molar-refractivity contribution in [3.05, 3.63) is 105 Å². The summed E-state index contributed by atoms with van der Waals surface area (Å²) in [5.74, 6) is 1.29. The van der Waals surface area contributed by atoms with Gasteiger partial charge >= 0.3 is 6.09 Å². The number of aliphatic hydroxyl groups is 1. The highest BCUT2D eigenvalue weighted by molar-refractivity contribution is 7.99. The summed E-state index contributed by atoms with van der Waals surface area (Å²) in [5.41, 5.74) is 4.86. The van der Waals surface area contributed by atoms with Crippen molar-refractivity contribution in [2.24, 2.45) is 0 Å². The second kappa shape index (κ2) is 19.3. The van der Waals surface area contributed by atoms with Gasteiger partial charge in [0.05, 0.1) is 38.5 Å². The highest BCUT2D eigenvalue weighted by Crippen LogP contribution is 2.57. The number of methoxy groups -OCH3 is 2. The molecule has 3 fully saturated rings. The molecule has 2 amide bonds. The van der Waals surface area contributed by atoms with Gasteiger partial charge in [-0.2, -0.15) is 17.0 Å². The smallest absolute Gasteiger partial charge is 0.408 e. The molecule has 0 saturated carbocycles. The highest BCUT2D eigenvalue weighted by Gasteiger charge is 2.64. The fourth-order valence-electron chi connectivity index (χ4n) is 11.4. The Kier molecular flexibility index (Phi) is 13.5. The molecule has 2 aliphatic carbocycles. The zero-order valence-electron chi connectivity index (χ0n) is 40.4. The molecule has 0 spiro atoms. The summed E-state index contributed by atoms with van der Waals surface area (Å²) in [4.78, 5) is 47.1. The summed E-state index contributed by atoms with van der Waals surface area (Å²) in [7, 11) is 5.12. The molecule has 4 heterocycles. The van der Waals surface area contributed by atoms with Crippen molar-refractivity contribution in [2.45, 2.75) is 101 Å². The van der Waals surface area contributed by atoms with Crippen molar-refractivity contribution >= 4 is 29.5 Å². The number of fused-ring (bicyclic) bond motifs is 11. The Morgan fingerprint density at radius 2 is 1.71 bits per heavy atom. The summed E-state index contributed by atoms with van der Waals surface area (Å²) < 4.78 is 41.0. The second-order valence-corrected chi connectivity index (χ2v) is 20.6. The fraction of sp³-hybridized carbons (Fsp3) is 0.500. The molecule has 366 valence electrons. The number of ether oxygens (including phenoxy) is 7. The van der Waals surface area contributed by atoms with Crippen molar-refractivity contribution in [3.63, 3.8) is 0 Å². The number of ketones is 1. The number of amides is 2. The molecular weight excluding hydrogens is 903 g/mol. The van der Waals surface area contributed by atoms with E-state index in [0.717, 1.165) is 16.7 Å². The van der Waals surface area contributed by atoms with Crippen LogP contribution in [0.15, 0.2) is 77.3 Å². The standard InChI is InChI=1S/C52H61N5O11S/c1-28-19-30-20-37-39(22-53)57-38(43(56(37)6)41(30)46(44(28)63-8)65-26-64-18-17-62-7)21-52(61)42(47-45(66-27-67-47)29(2)48(52)58)40(57)23-54-49(59)36(55-50(60)68-51(3,4)5)25-69-24-35-33-15-11-9-13-31(33)32-14-10-12-16-34(32)35/h9-16,19,35-40,43,61H,17-18,20-21,23-27H2,1-8H3,(H,54,59)(H,55,60)/t36-,37+,38?,39+,40+,43-,52?/m1/s1. The van der Waals surface area contributed by atoms with Crippen LogP contribution in [-0.4, -0.2) is 140 Å². The van der Waals surface area contributed by atoms with Crippen LogP contribution in [0.25, 0.3) is 11.1 Å². The highest BCUT2D eigenvalue weighted by atomic mass is 32.2. The number of benzene rings is 3. The van der Waals surface area contributed by atoms with E-state index >= 15 is 0 Å². The van der Waals surface area contributed by atoms with Crippen molar-refractivity contribution in [1.29, 1.82) is 5.26 Å². The number of thioether (sulfide) groups is 1. The molecule has 7 atom stereocenters. The normalized spacial score (nSPS) is 25.2. The molecule has 0 radical (unpaired) electrons. The number of alkyl carbamates (subject to hydrolysis) is 1. The van der Waals surface area contributed by atoms with Gasteiger partial charge in [-0.3, -0.25) is 19.4 Å². The molecule has 4 aliphatic heterocycles. The van der Waals surface area contributed by atoms with E-state index in [-0.39, 0.29) is 66.9 Å². The molecule has 2 bridgehead atoms. The number of piperazine rings is 1. The summed E-state index contributed by atoms with van der Waals surface area (Å²) in [6.07, 6.45) is -0.405. The van der Waals surface area contributed by atoms with Gasteiger partial charge in [0.1, 0.15) is 17.7 Å². The summed E-state index contributed by atoms with van der Waals surface area (Å²) in [6, 6.07) is 16.9. The number of nitrogens with one attached hydrogen (secondary N) is 2. The van der Waals surface area contributed by atoms with E-state index in [4.69, 9.17) is 33.2 Å². The van der Waals surface area contributed by atoms with Crippen LogP contribution in [0, 0.1) is 18.3 Å². The van der Waals surface area contributed by atoms with E-state index in [9.17, 15) is 24.8 Å². The summed E-state index contributed by atoms with van der Waals surface area (Å²) >= 11 is 1.54. The number of likely N-dealkylation sites (N-methyl/N-ethyl adjacent to an activating group) is 1. The van der Waals surface area contributed by atoms with Crippen LogP contribution in [0.4, 0.5) is 4.79 Å². The molecular formula is C52H61N5O11S. The molecule has 17 heteroatoms. The van der Waals surface area contributed by atoms with Gasteiger partial charge in [0.15, 0.2) is 41.2 Å². The van der Waals surface area contributed by atoms with Crippen LogP contribution in [0.1, 0.15) is 73.9 Å². The molecule has 0 aromatic heterocycles. The SMILES string of the molecule is COCCOCOc1c(OC)c(C)cc2c1[C@H]1C3CC4(O)C(=O)C(C)=C5OCOC5=C4[C@H](CNC(=O)[C@@H](CSCC4c5ccccc5-c5ccccc54)NC(=O)OC(C)(C)C)N3[C@@H](C#N)[C@H](C2)N1C. The number of hydrogen-bond acceptors (Lipinski definition) is 15. The number of carbonyl (C=O) groups is 3. The van der Waals surface area contributed by atoms with Crippen molar-refractivity contribution in [2.75, 3.05) is 66.1 Å². The van der Waals surface area contributed by atoms with Crippen molar-refractivity contribution < 1.29 is 52.6 Å². The molecule has 69 heavy (non-hydrogen) atoms. The Bertz CT molecular complexity index is 2600. The third-order valence-electron chi connectivity index (χ3n) is 14.3. The first-order valence-corrected chi connectivity index (χ1v) is 24.6. The van der Waals surface area contributed by atoms with E-state index in [0.29, 0.717) is 36.9 Å². The maximum Gasteiger partial charge on any atom is 0.408 e. The van der Waals surface area contributed by atoms with Gasteiger partial charge in [-0.15, -0.1) is 0 Å². The molecule has 16 nitrogen and oxygen atoms in total. The topological polar surface area (TPSA) is 190 Å². The van der Waals surface area contributed by atoms with Crippen LogP contribution in [0.2, 0.25) is 0 Å². The third kappa shape index (κ3) is 8.63. The second-order valence-electron chi connectivity index (χ2n) is 19.5. The lowest BCUT2D eigenvalue weighted by atomic mass is 9.64. The van der Waals surface area contributed by atoms with Gasteiger partial charge in [0.2, 0.25) is 12.7 Å². The van der Waals surface area contributed by atoms with Crippen molar-refractivity contribution in [1.82, 2.24) is 20.4 Å². The van der Waals surface area contributed by atoms with Crippen LogP contribution >= 0.6 is 11.8 Å². The maximum absolute atomic E-state index is 14.8. The zero-order valence-corrected chi connectivity index (χ0v) is 41.2. The molecule has 6 aliphatic rings. The zero-order chi connectivity index (χ0) is 48.9. The van der Waals surface area contributed by atoms with Gasteiger partial charge in [-0.05, 0) is 81.5 Å². The average molecular weight is 964 g/mol. The Morgan fingerprint density at radius 1 is 1.01 bits per heavy atom. The fourth-order valence-corrected chi connectivity index (χ4v) is 12.7. The number of nitrogens with zero attached hydrogens (tertiary/aromatic N) is 3. The minimum atomic E-state index is -2.12. The average Bonchev–Trinajstić information content (AvgIpc) is 3.92. The Morgan fingerprint density at radius 3 is 2.38 bits per heavy atom. The molecule has 3 N–H and O–H groups in total. The first-order valence-electron chi connectivity index (χ1n) is 23.4. The lowest BCUT2D eigenvalue weighted by Gasteiger charge is -2.62. The molecule has 2 unspecified atom stereocenters. The number of rotatable bonds is 15. The molecule has 3 aromatic carbocycles. The van der Waals surface area contributed by atoms with Crippen LogP contribution in [0.3, 0.4) is 0 Å². The maximum atomic E-state index is 14.8. The Labute approximate surface area is 407 Å². The predicted octanol–water partition coefficient (Wildman–Crippen LogP) is 5.65. The quantitative estimate of drug-likeness (QED) is 0.125. The number of piperidine rings is 1. The van der Waals surface area contributed by atoms with Gasteiger partial charge in [-0.1, -0.05) is 54.6 Å². The number of nitriles is 1. The first-order chi connectivity index (χ1) is 33.1. The third-order valence-corrected chi connectivity index (χ3v) is 15.4. The van der Waals surface area contributed by atoms with Crippen LogP contribution in [0.5, 0.6) is 11.5 Å². The van der Waals surface area contributed by atoms with E-state index < -0.39 is 59.2 Å². The summed E-state index contributed by atoms with van der Waals surface area (Å²) in [6.45, 7) is 9.05. The number of aryl methyl sites for hydroxylation is 1. The minimum absolute atomic E-state index is 0.0730. The minimum Gasteiger partial charge on any atom is -0.493 e. The van der Waals surface area contributed by atoms with Gasteiger partial charge < -0.3 is 48.9 Å². The number of Topliss-reactive ketones (excluding diaryl/α,β-unsaturated/α-hetero) is 1. The van der Waals surface area contributed by atoms with Gasteiger partial charge in [0.25, 0.3) is 0 Å². The largest absolute Gasteiger partial charge is 0.493 e. The Hall–Kier alpha value is -5.61. The van der Waals surface area contributed by atoms with E-state index in [1.807, 2.05) is 43.1 Å². The van der Waals surface area contributed by atoms with Gasteiger partial charge in [-0.25, -0.2) is 4.79 Å². The summed E-state index contributed by atoms with van der Waals surface area (Å²) in [5, 5.41) is 30.3. The molecule has 3 aromatic rings.